The number of carbonyl (C=O) groups is 1. The maximum absolute atomic E-state index is 13.0. The molecule has 0 aromatic heterocycles. The minimum absolute atomic E-state index is 0.116. The van der Waals surface area contributed by atoms with Crippen molar-refractivity contribution in [2.24, 2.45) is 0 Å². The molecule has 3 aromatic rings. The number of anilines is 2. The topological polar surface area (TPSA) is 66.5 Å². The molecule has 0 aliphatic rings. The average molecular weight is 421 g/mol. The number of nitrogens with zero attached hydrogens (tertiary/aromatic N) is 1. The summed E-state index contributed by atoms with van der Waals surface area (Å²) in [6.07, 6.45) is 1.53. The van der Waals surface area contributed by atoms with Gasteiger partial charge in [0.15, 0.2) is 0 Å². The summed E-state index contributed by atoms with van der Waals surface area (Å²) < 4.78 is 27.3. The molecule has 0 saturated carbocycles. The zero-order valence-electron chi connectivity index (χ0n) is 17.0. The first-order chi connectivity index (χ1) is 14.3. The molecule has 0 bridgehead atoms. The third-order valence-corrected chi connectivity index (χ3v) is 6.62. The molecule has 154 valence electrons. The van der Waals surface area contributed by atoms with Crippen LogP contribution in [0.3, 0.4) is 0 Å². The second-order valence-corrected chi connectivity index (χ2v) is 8.80. The fraction of sp³-hybridized carbons (Fsp3) is 0.125. The van der Waals surface area contributed by atoms with Crippen LogP contribution in [0.25, 0.3) is 0 Å². The third-order valence-electron chi connectivity index (χ3n) is 4.81. The zero-order valence-corrected chi connectivity index (χ0v) is 17.8. The van der Waals surface area contributed by atoms with Crippen LogP contribution in [0.15, 0.2) is 90.3 Å². The van der Waals surface area contributed by atoms with Crippen molar-refractivity contribution >= 4 is 27.3 Å². The molecule has 0 heterocycles. The summed E-state index contributed by atoms with van der Waals surface area (Å²) in [6, 6.07) is 20.4. The molecule has 1 amide bonds. The van der Waals surface area contributed by atoms with Crippen molar-refractivity contribution in [1.29, 1.82) is 0 Å². The van der Waals surface area contributed by atoms with Gasteiger partial charge in [0.1, 0.15) is 0 Å². The Hall–Kier alpha value is -3.38. The molecule has 1 N–H and O–H groups in total. The molecular weight excluding hydrogens is 396 g/mol. The molecule has 6 heteroatoms. The normalized spacial score (nSPS) is 11.0. The number of rotatable bonds is 7. The van der Waals surface area contributed by atoms with Crippen molar-refractivity contribution in [3.05, 3.63) is 102 Å². The molecule has 0 radical (unpaired) electrons. The monoisotopic (exact) mass is 420 g/mol. The second-order valence-electron chi connectivity index (χ2n) is 6.94. The number of benzene rings is 3. The van der Waals surface area contributed by atoms with E-state index >= 15 is 0 Å². The van der Waals surface area contributed by atoms with Gasteiger partial charge >= 0.3 is 0 Å². The average Bonchev–Trinajstić information content (AvgIpc) is 2.75. The van der Waals surface area contributed by atoms with E-state index in [1.54, 1.807) is 54.6 Å². The Balaban J connectivity index is 1.84. The first kappa shape index (κ1) is 21.3. The van der Waals surface area contributed by atoms with E-state index in [4.69, 9.17) is 0 Å². The summed E-state index contributed by atoms with van der Waals surface area (Å²) in [5.41, 5.74) is 3.86. The van der Waals surface area contributed by atoms with Crippen LogP contribution >= 0.6 is 0 Å². The first-order valence-electron chi connectivity index (χ1n) is 9.50. The zero-order chi connectivity index (χ0) is 21.7. The number of hydrogen-bond donors (Lipinski definition) is 1. The summed E-state index contributed by atoms with van der Waals surface area (Å²) in [4.78, 5) is 12.8. The number of nitrogens with one attached hydrogen (secondary N) is 1. The predicted octanol–water partition coefficient (Wildman–Crippen LogP) is 4.94. The molecule has 0 fully saturated rings. The van der Waals surface area contributed by atoms with Gasteiger partial charge in [0.2, 0.25) is 0 Å². The van der Waals surface area contributed by atoms with E-state index in [1.807, 2.05) is 32.0 Å². The fourth-order valence-electron chi connectivity index (χ4n) is 2.98. The molecule has 3 rings (SSSR count). The second kappa shape index (κ2) is 8.97. The van der Waals surface area contributed by atoms with Crippen LogP contribution < -0.4 is 9.62 Å². The minimum atomic E-state index is -3.75. The van der Waals surface area contributed by atoms with Gasteiger partial charge in [0, 0.05) is 11.3 Å². The molecule has 0 saturated heterocycles. The van der Waals surface area contributed by atoms with Crippen LogP contribution in [-0.2, 0) is 10.0 Å². The SMILES string of the molecule is C=CCN(c1ccc(C(=O)Nc2ccc(C)c(C)c2)cc1)S(=O)(=O)c1ccccc1. The lowest BCUT2D eigenvalue weighted by Gasteiger charge is -2.23. The molecule has 0 atom stereocenters. The maximum Gasteiger partial charge on any atom is 0.264 e. The minimum Gasteiger partial charge on any atom is -0.322 e. The number of carbonyl (C=O) groups excluding carboxylic acids is 1. The van der Waals surface area contributed by atoms with Gasteiger partial charge in [-0.15, -0.1) is 6.58 Å². The van der Waals surface area contributed by atoms with Gasteiger partial charge in [0.25, 0.3) is 15.9 Å². The molecule has 0 unspecified atom stereocenters. The van der Waals surface area contributed by atoms with Gasteiger partial charge in [-0.1, -0.05) is 30.3 Å². The van der Waals surface area contributed by atoms with Crippen LogP contribution in [0.2, 0.25) is 0 Å². The Kier molecular flexibility index (Phi) is 6.37. The predicted molar refractivity (Wildman–Crippen MR) is 121 cm³/mol. The molecule has 0 aliphatic heterocycles. The van der Waals surface area contributed by atoms with Crippen molar-refractivity contribution in [3.63, 3.8) is 0 Å². The lowest BCUT2D eigenvalue weighted by atomic mass is 10.1. The van der Waals surface area contributed by atoms with Crippen LogP contribution in [0.1, 0.15) is 21.5 Å². The Morgan fingerprint density at radius 2 is 1.63 bits per heavy atom. The van der Waals surface area contributed by atoms with Gasteiger partial charge in [-0.2, -0.15) is 0 Å². The molecule has 0 aliphatic carbocycles. The van der Waals surface area contributed by atoms with Gasteiger partial charge in [-0.25, -0.2) is 8.42 Å². The van der Waals surface area contributed by atoms with Gasteiger partial charge < -0.3 is 5.32 Å². The van der Waals surface area contributed by atoms with E-state index in [-0.39, 0.29) is 17.3 Å². The van der Waals surface area contributed by atoms with E-state index in [0.29, 0.717) is 16.9 Å². The Labute approximate surface area is 177 Å². The summed E-state index contributed by atoms with van der Waals surface area (Å²) in [5, 5.41) is 2.87. The van der Waals surface area contributed by atoms with Gasteiger partial charge in [-0.05, 0) is 73.5 Å². The number of amides is 1. The highest BCUT2D eigenvalue weighted by atomic mass is 32.2. The molecule has 5 nitrogen and oxygen atoms in total. The van der Waals surface area contributed by atoms with E-state index in [0.717, 1.165) is 11.1 Å². The Morgan fingerprint density at radius 3 is 2.23 bits per heavy atom. The summed E-state index contributed by atoms with van der Waals surface area (Å²) in [7, 11) is -3.75. The van der Waals surface area contributed by atoms with Crippen LogP contribution in [0.4, 0.5) is 11.4 Å². The third kappa shape index (κ3) is 4.60. The van der Waals surface area contributed by atoms with Gasteiger partial charge in [0.05, 0.1) is 17.1 Å². The smallest absolute Gasteiger partial charge is 0.264 e. The van der Waals surface area contributed by atoms with Crippen molar-refractivity contribution in [2.75, 3.05) is 16.2 Å². The molecular formula is C24H24N2O3S. The fourth-order valence-corrected chi connectivity index (χ4v) is 4.44. The standard InChI is InChI=1S/C24H24N2O3S/c1-4-16-26(30(28,29)23-8-6-5-7-9-23)22-14-11-20(12-15-22)24(27)25-21-13-10-18(2)19(3)17-21/h4-15,17H,1,16H2,2-3H3,(H,25,27). The summed E-state index contributed by atoms with van der Waals surface area (Å²) >= 11 is 0. The molecule has 0 spiro atoms. The summed E-state index contributed by atoms with van der Waals surface area (Å²) in [6.45, 7) is 7.78. The molecule has 30 heavy (non-hydrogen) atoms. The lowest BCUT2D eigenvalue weighted by molar-refractivity contribution is 0.102. The van der Waals surface area contributed by atoms with Crippen molar-refractivity contribution in [1.82, 2.24) is 0 Å². The van der Waals surface area contributed by atoms with Gasteiger partial charge in [-0.3, -0.25) is 9.10 Å². The van der Waals surface area contributed by atoms with Crippen molar-refractivity contribution in [2.45, 2.75) is 18.7 Å². The van der Waals surface area contributed by atoms with Crippen LogP contribution in [0, 0.1) is 13.8 Å². The van der Waals surface area contributed by atoms with Crippen LogP contribution in [0.5, 0.6) is 0 Å². The number of sulfonamides is 1. The molecule has 3 aromatic carbocycles. The largest absolute Gasteiger partial charge is 0.322 e. The van der Waals surface area contributed by atoms with Crippen molar-refractivity contribution in [3.8, 4) is 0 Å². The van der Waals surface area contributed by atoms with E-state index in [1.165, 1.54) is 10.4 Å². The maximum atomic E-state index is 13.0. The van der Waals surface area contributed by atoms with E-state index in [9.17, 15) is 13.2 Å². The number of hydrogen-bond acceptors (Lipinski definition) is 3. The van der Waals surface area contributed by atoms with E-state index in [2.05, 4.69) is 11.9 Å². The van der Waals surface area contributed by atoms with E-state index < -0.39 is 10.0 Å². The first-order valence-corrected chi connectivity index (χ1v) is 10.9. The van der Waals surface area contributed by atoms with Crippen molar-refractivity contribution < 1.29 is 13.2 Å². The Bertz CT molecular complexity index is 1150. The quantitative estimate of drug-likeness (QED) is 0.551. The lowest BCUT2D eigenvalue weighted by Crippen LogP contribution is -2.31. The Morgan fingerprint density at radius 1 is 0.967 bits per heavy atom. The highest BCUT2D eigenvalue weighted by molar-refractivity contribution is 7.92. The summed E-state index contributed by atoms with van der Waals surface area (Å²) in [5.74, 6) is -0.258. The highest BCUT2D eigenvalue weighted by Gasteiger charge is 2.24. The van der Waals surface area contributed by atoms with Crippen LogP contribution in [-0.4, -0.2) is 20.9 Å². The number of aryl methyl sites for hydroxylation is 2. The highest BCUT2D eigenvalue weighted by Crippen LogP contribution is 2.24.